The minimum absolute atomic E-state index is 0.662. The molecule has 20 heavy (non-hydrogen) atoms. The molecule has 0 radical (unpaired) electrons. The van der Waals surface area contributed by atoms with E-state index < -0.39 is 0 Å². The first-order valence-electron chi connectivity index (χ1n) is 7.25. The molecule has 1 nitrogen and oxygen atoms in total. The van der Waals surface area contributed by atoms with Crippen LogP contribution in [0.15, 0.2) is 46.3 Å². The lowest BCUT2D eigenvalue weighted by Gasteiger charge is -2.17. The predicted octanol–water partition coefficient (Wildman–Crippen LogP) is 4.91. The highest BCUT2D eigenvalue weighted by molar-refractivity contribution is 9.10. The van der Waals surface area contributed by atoms with Crippen LogP contribution in [0.25, 0.3) is 0 Å². The summed E-state index contributed by atoms with van der Waals surface area (Å²) < 4.78 is 1.17. The fourth-order valence-electron chi connectivity index (χ4n) is 2.41. The lowest BCUT2D eigenvalue weighted by Crippen LogP contribution is -2.26. The van der Waals surface area contributed by atoms with Gasteiger partial charge in [-0.05, 0) is 67.4 Å². The fraction of sp³-hybridized carbons (Fsp3) is 0.412. The second-order valence-corrected chi connectivity index (χ2v) is 7.14. The first-order valence-corrected chi connectivity index (χ1v) is 8.92. The largest absolute Gasteiger partial charge is 0.316 e. The molecule has 1 N–H and O–H groups in total. The van der Waals surface area contributed by atoms with Gasteiger partial charge in [-0.25, -0.2) is 0 Å². The Labute approximate surface area is 134 Å². The van der Waals surface area contributed by atoms with Gasteiger partial charge in [0.05, 0.1) is 0 Å². The molecule has 0 saturated carbocycles. The van der Waals surface area contributed by atoms with Gasteiger partial charge in [0.15, 0.2) is 0 Å². The number of nitrogens with one attached hydrogen (secondary N) is 1. The van der Waals surface area contributed by atoms with E-state index in [1.54, 1.807) is 0 Å². The molecule has 2 aromatic rings. The lowest BCUT2D eigenvalue weighted by molar-refractivity contribution is 0.473. The third-order valence-corrected chi connectivity index (χ3v) is 4.74. The van der Waals surface area contributed by atoms with Crippen LogP contribution in [0.1, 0.15) is 23.8 Å². The van der Waals surface area contributed by atoms with Crippen LogP contribution >= 0.6 is 27.3 Å². The first-order chi connectivity index (χ1) is 9.78. The highest BCUT2D eigenvalue weighted by Gasteiger charge is 2.11. The Balaban J connectivity index is 1.97. The normalized spacial score (nSPS) is 12.5. The molecule has 1 unspecified atom stereocenters. The van der Waals surface area contributed by atoms with Crippen molar-refractivity contribution >= 4 is 27.3 Å². The second kappa shape index (κ2) is 8.60. The molecule has 0 aliphatic carbocycles. The van der Waals surface area contributed by atoms with Crippen molar-refractivity contribution in [3.05, 3.63) is 56.7 Å². The quantitative estimate of drug-likeness (QED) is 0.666. The van der Waals surface area contributed by atoms with Crippen LogP contribution in [0.3, 0.4) is 0 Å². The summed E-state index contributed by atoms with van der Waals surface area (Å²) in [6, 6.07) is 13.1. The van der Waals surface area contributed by atoms with Gasteiger partial charge in [-0.3, -0.25) is 0 Å². The monoisotopic (exact) mass is 351 g/mol. The van der Waals surface area contributed by atoms with Crippen LogP contribution in [0.4, 0.5) is 0 Å². The Morgan fingerprint density at radius 1 is 1.20 bits per heavy atom. The van der Waals surface area contributed by atoms with E-state index in [9.17, 15) is 0 Å². The molecule has 0 fully saturated rings. The van der Waals surface area contributed by atoms with E-state index in [4.69, 9.17) is 0 Å². The maximum absolute atomic E-state index is 3.58. The van der Waals surface area contributed by atoms with Crippen LogP contribution in [0, 0.1) is 5.92 Å². The standard InChI is InChI=1S/C17H22BrNS/c1-2-8-19-13-15(12-17-7-4-9-20-17)10-14-5-3-6-16(18)11-14/h3-7,9,11,15,19H,2,8,10,12-13H2,1H3. The highest BCUT2D eigenvalue weighted by Crippen LogP contribution is 2.20. The molecule has 3 heteroatoms. The fourth-order valence-corrected chi connectivity index (χ4v) is 3.68. The second-order valence-electron chi connectivity index (χ2n) is 5.19. The average molecular weight is 352 g/mol. The molecule has 1 atom stereocenters. The zero-order valence-electron chi connectivity index (χ0n) is 11.9. The SMILES string of the molecule is CCCNCC(Cc1cccc(Br)c1)Cc1cccs1. The summed E-state index contributed by atoms with van der Waals surface area (Å²) in [5.74, 6) is 0.662. The van der Waals surface area contributed by atoms with E-state index in [0.29, 0.717) is 5.92 Å². The number of hydrogen-bond acceptors (Lipinski definition) is 2. The van der Waals surface area contributed by atoms with Gasteiger partial charge in [0.2, 0.25) is 0 Å². The molecule has 0 spiro atoms. The number of hydrogen-bond donors (Lipinski definition) is 1. The van der Waals surface area contributed by atoms with Gasteiger partial charge < -0.3 is 5.32 Å². The topological polar surface area (TPSA) is 12.0 Å². The smallest absolute Gasteiger partial charge is 0.0177 e. The summed E-state index contributed by atoms with van der Waals surface area (Å²) >= 11 is 5.43. The minimum Gasteiger partial charge on any atom is -0.316 e. The first kappa shape index (κ1) is 15.7. The molecular formula is C17H22BrNS. The summed E-state index contributed by atoms with van der Waals surface area (Å²) in [5, 5.41) is 5.75. The third-order valence-electron chi connectivity index (χ3n) is 3.34. The van der Waals surface area contributed by atoms with Crippen molar-refractivity contribution < 1.29 is 0 Å². The van der Waals surface area contributed by atoms with Gasteiger partial charge in [0, 0.05) is 9.35 Å². The molecular weight excluding hydrogens is 330 g/mol. The summed E-state index contributed by atoms with van der Waals surface area (Å²) in [5.41, 5.74) is 1.42. The van der Waals surface area contributed by atoms with Crippen LogP contribution in [0.5, 0.6) is 0 Å². The summed E-state index contributed by atoms with van der Waals surface area (Å²) in [6.07, 6.45) is 3.50. The molecule has 0 saturated heterocycles. The molecule has 0 bridgehead atoms. The molecule has 1 heterocycles. The Kier molecular flexibility index (Phi) is 6.77. The lowest BCUT2D eigenvalue weighted by atomic mass is 9.95. The van der Waals surface area contributed by atoms with Crippen molar-refractivity contribution in [3.8, 4) is 0 Å². The molecule has 0 amide bonds. The van der Waals surface area contributed by atoms with Crippen LogP contribution in [0.2, 0.25) is 0 Å². The van der Waals surface area contributed by atoms with E-state index in [2.05, 4.69) is 69.9 Å². The van der Waals surface area contributed by atoms with Crippen molar-refractivity contribution in [2.75, 3.05) is 13.1 Å². The van der Waals surface area contributed by atoms with Gasteiger partial charge in [-0.1, -0.05) is 41.1 Å². The Morgan fingerprint density at radius 3 is 2.80 bits per heavy atom. The Bertz CT molecular complexity index is 495. The Morgan fingerprint density at radius 2 is 2.10 bits per heavy atom. The molecule has 108 valence electrons. The van der Waals surface area contributed by atoms with Crippen LogP contribution in [-0.2, 0) is 12.8 Å². The van der Waals surface area contributed by atoms with E-state index >= 15 is 0 Å². The third kappa shape index (κ3) is 5.39. The zero-order chi connectivity index (χ0) is 14.2. The zero-order valence-corrected chi connectivity index (χ0v) is 14.3. The van der Waals surface area contributed by atoms with Gasteiger partial charge >= 0.3 is 0 Å². The van der Waals surface area contributed by atoms with Gasteiger partial charge in [0.25, 0.3) is 0 Å². The number of thiophene rings is 1. The molecule has 2 rings (SSSR count). The van der Waals surface area contributed by atoms with Crippen molar-refractivity contribution in [3.63, 3.8) is 0 Å². The van der Waals surface area contributed by atoms with Crippen molar-refractivity contribution in [2.24, 2.45) is 5.92 Å². The maximum atomic E-state index is 3.58. The van der Waals surface area contributed by atoms with Gasteiger partial charge in [0.1, 0.15) is 0 Å². The number of benzene rings is 1. The van der Waals surface area contributed by atoms with Crippen molar-refractivity contribution in [1.29, 1.82) is 0 Å². The average Bonchev–Trinajstić information content (AvgIpc) is 2.92. The molecule has 1 aromatic carbocycles. The van der Waals surface area contributed by atoms with Crippen LogP contribution in [-0.4, -0.2) is 13.1 Å². The predicted molar refractivity (Wildman–Crippen MR) is 92.5 cm³/mol. The highest BCUT2D eigenvalue weighted by atomic mass is 79.9. The molecule has 1 aromatic heterocycles. The summed E-state index contributed by atoms with van der Waals surface area (Å²) in [7, 11) is 0. The molecule has 0 aliphatic rings. The van der Waals surface area contributed by atoms with E-state index in [1.165, 1.54) is 27.8 Å². The van der Waals surface area contributed by atoms with E-state index in [-0.39, 0.29) is 0 Å². The van der Waals surface area contributed by atoms with Crippen molar-refractivity contribution in [2.45, 2.75) is 26.2 Å². The van der Waals surface area contributed by atoms with Gasteiger partial charge in [-0.15, -0.1) is 11.3 Å². The van der Waals surface area contributed by atoms with Crippen molar-refractivity contribution in [1.82, 2.24) is 5.32 Å². The summed E-state index contributed by atoms with van der Waals surface area (Å²) in [6.45, 7) is 4.42. The van der Waals surface area contributed by atoms with E-state index in [0.717, 1.165) is 19.5 Å². The van der Waals surface area contributed by atoms with Crippen LogP contribution < -0.4 is 5.32 Å². The van der Waals surface area contributed by atoms with Gasteiger partial charge in [-0.2, -0.15) is 0 Å². The maximum Gasteiger partial charge on any atom is 0.0177 e. The molecule has 0 aliphatic heterocycles. The number of rotatable bonds is 8. The number of halogens is 1. The summed E-state index contributed by atoms with van der Waals surface area (Å²) in [4.78, 5) is 1.49. The van der Waals surface area contributed by atoms with E-state index in [1.807, 2.05) is 11.3 Å². The minimum atomic E-state index is 0.662. The Hall–Kier alpha value is -0.640.